The third kappa shape index (κ3) is 6.52. The number of nitrogens with zero attached hydrogens (tertiary/aromatic N) is 3. The lowest BCUT2D eigenvalue weighted by molar-refractivity contribution is -0.275. The molecule has 3 aromatic carbocycles. The first-order valence-corrected chi connectivity index (χ1v) is 13.8. The number of hydrogen-bond donors (Lipinski definition) is 2. The lowest BCUT2D eigenvalue weighted by Gasteiger charge is -2.26. The fraction of sp³-hybridized carbons (Fsp3) is 0.148. The second kappa shape index (κ2) is 11.4. The van der Waals surface area contributed by atoms with Crippen LogP contribution in [0.1, 0.15) is 23.5 Å². The molecule has 0 saturated carbocycles. The predicted molar refractivity (Wildman–Crippen MR) is 144 cm³/mol. The molecule has 8 nitrogen and oxygen atoms in total. The van der Waals surface area contributed by atoms with E-state index in [9.17, 15) is 34.8 Å². The van der Waals surface area contributed by atoms with E-state index >= 15 is 0 Å². The highest BCUT2D eigenvalue weighted by atomic mass is 32.2. The van der Waals surface area contributed by atoms with E-state index in [-0.39, 0.29) is 33.4 Å². The van der Waals surface area contributed by atoms with Crippen molar-refractivity contribution >= 4 is 21.2 Å². The van der Waals surface area contributed by atoms with Gasteiger partial charge in [-0.25, -0.2) is 32.4 Å². The van der Waals surface area contributed by atoms with Crippen LogP contribution in [0.2, 0.25) is 0 Å². The summed E-state index contributed by atoms with van der Waals surface area (Å²) in [6.45, 7) is 1.48. The number of rotatable bonds is 8. The number of aromatic nitrogens is 2. The number of hydrogen-bond acceptors (Lipinski definition) is 7. The van der Waals surface area contributed by atoms with Gasteiger partial charge in [0.25, 0.3) is 6.43 Å². The van der Waals surface area contributed by atoms with Crippen LogP contribution >= 0.6 is 0 Å². The number of benzene rings is 3. The van der Waals surface area contributed by atoms with E-state index in [1.165, 1.54) is 41.8 Å². The van der Waals surface area contributed by atoms with E-state index < -0.39 is 39.9 Å². The van der Waals surface area contributed by atoms with Crippen LogP contribution in [0.25, 0.3) is 22.5 Å². The lowest BCUT2D eigenvalue weighted by atomic mass is 10.0. The van der Waals surface area contributed by atoms with Crippen molar-refractivity contribution in [1.29, 1.82) is 0 Å². The summed E-state index contributed by atoms with van der Waals surface area (Å²) in [6, 6.07) is 13.2. The number of nitrogens with two attached hydrogens (primary N) is 2. The normalized spacial score (nSPS) is 12.6. The predicted octanol–water partition coefficient (Wildman–Crippen LogP) is 5.86. The van der Waals surface area contributed by atoms with Gasteiger partial charge in [0.1, 0.15) is 11.5 Å². The zero-order chi connectivity index (χ0) is 31.0. The molecule has 15 heteroatoms. The number of halogens is 6. The summed E-state index contributed by atoms with van der Waals surface area (Å²) in [6.07, 6.45) is -4.87. The first kappa shape index (κ1) is 30.5. The molecule has 4 rings (SSSR count). The third-order valence-electron chi connectivity index (χ3n) is 6.09. The smallest absolute Gasteiger partial charge is 0.403 e. The number of imidazole rings is 1. The minimum Gasteiger partial charge on any atom is -0.403 e. The van der Waals surface area contributed by atoms with Crippen molar-refractivity contribution in [3.8, 4) is 22.6 Å². The summed E-state index contributed by atoms with van der Waals surface area (Å²) in [5, 5.41) is 0.986. The summed E-state index contributed by atoms with van der Waals surface area (Å²) in [7, 11) is -3.55. The molecule has 0 aliphatic carbocycles. The van der Waals surface area contributed by atoms with Crippen molar-refractivity contribution < 1.29 is 39.5 Å². The fourth-order valence-corrected chi connectivity index (χ4v) is 4.83. The second-order valence-corrected chi connectivity index (χ2v) is 11.0. The van der Waals surface area contributed by atoms with Crippen LogP contribution in [0.3, 0.4) is 0 Å². The molecule has 4 N–H and O–H groups in total. The molecule has 0 spiro atoms. The zero-order valence-corrected chi connectivity index (χ0v) is 22.7. The molecule has 4 aromatic rings. The van der Waals surface area contributed by atoms with Crippen molar-refractivity contribution in [2.75, 3.05) is 11.3 Å². The fourth-order valence-electron chi connectivity index (χ4n) is 4.16. The monoisotopic (exact) mass is 611 g/mol. The van der Waals surface area contributed by atoms with E-state index in [4.69, 9.17) is 11.6 Å². The molecule has 0 aliphatic rings. The molecular weight excluding hydrogens is 588 g/mol. The Kier molecular flexibility index (Phi) is 8.27. The van der Waals surface area contributed by atoms with Crippen LogP contribution in [0, 0.1) is 12.7 Å². The maximum absolute atomic E-state index is 14.6. The Morgan fingerprint density at radius 1 is 1.07 bits per heavy atom. The van der Waals surface area contributed by atoms with E-state index in [0.29, 0.717) is 11.1 Å². The van der Waals surface area contributed by atoms with Crippen LogP contribution in [0.15, 0.2) is 78.0 Å². The molecule has 0 bridgehead atoms. The molecule has 0 saturated heterocycles. The van der Waals surface area contributed by atoms with E-state index in [1.54, 1.807) is 12.1 Å². The van der Waals surface area contributed by atoms with Gasteiger partial charge in [-0.05, 0) is 60.5 Å². The third-order valence-corrected chi connectivity index (χ3v) is 7.20. The van der Waals surface area contributed by atoms with Gasteiger partial charge in [-0.15, -0.1) is 13.2 Å². The lowest BCUT2D eigenvalue weighted by Crippen LogP contribution is -2.31. The summed E-state index contributed by atoms with van der Waals surface area (Å²) < 4.78 is 109. The first-order chi connectivity index (χ1) is 19.6. The number of sulfone groups is 1. The average Bonchev–Trinajstić information content (AvgIpc) is 3.31. The molecule has 0 amide bonds. The standard InChI is InChI=1S/C27H23F6N5O3S/c1-15-36-21(26(29)30)14-37(15)22-8-6-17(16-4-3-5-19(10-16)42(2,39)40)12-23(22)38(35)24(13-34)18-7-9-25(20(28)11-18)41-27(31,32)33/h3-14,26H,34-35H2,1-2H3/b24-13-. The Hall–Kier alpha value is -4.50. The average molecular weight is 612 g/mol. The van der Waals surface area contributed by atoms with Crippen molar-refractivity contribution in [2.45, 2.75) is 24.6 Å². The van der Waals surface area contributed by atoms with Crippen LogP contribution in [-0.4, -0.2) is 30.6 Å². The number of aryl methyl sites for hydroxylation is 1. The van der Waals surface area contributed by atoms with Gasteiger partial charge in [0, 0.05) is 24.2 Å². The van der Waals surface area contributed by atoms with Gasteiger partial charge >= 0.3 is 6.36 Å². The Labute approximate surface area is 236 Å². The maximum atomic E-state index is 14.6. The van der Waals surface area contributed by atoms with Crippen molar-refractivity contribution in [3.05, 3.63) is 96.0 Å². The molecule has 222 valence electrons. The van der Waals surface area contributed by atoms with Gasteiger partial charge in [-0.3, -0.25) is 5.01 Å². The summed E-state index contributed by atoms with van der Waals surface area (Å²) >= 11 is 0. The highest BCUT2D eigenvalue weighted by Gasteiger charge is 2.32. The molecule has 0 fully saturated rings. The van der Waals surface area contributed by atoms with E-state index in [0.717, 1.165) is 41.9 Å². The van der Waals surface area contributed by atoms with Gasteiger partial charge in [0.15, 0.2) is 21.4 Å². The Morgan fingerprint density at radius 3 is 2.33 bits per heavy atom. The van der Waals surface area contributed by atoms with Gasteiger partial charge < -0.3 is 15.0 Å². The molecule has 1 heterocycles. The van der Waals surface area contributed by atoms with Gasteiger partial charge in [-0.2, -0.15) is 0 Å². The van der Waals surface area contributed by atoms with Crippen LogP contribution < -0.4 is 21.3 Å². The molecule has 0 unspecified atom stereocenters. The van der Waals surface area contributed by atoms with Crippen molar-refractivity contribution in [3.63, 3.8) is 0 Å². The SMILES string of the molecule is Cc1nc(C(F)F)cn1-c1ccc(-c2cccc(S(C)(=O)=O)c2)cc1N(N)/C(=C\N)c1ccc(OC(F)(F)F)c(F)c1. The summed E-state index contributed by atoms with van der Waals surface area (Å²) in [5.74, 6) is 4.19. The number of ether oxygens (including phenoxy) is 1. The number of hydrazine groups is 1. The minimum atomic E-state index is -5.13. The second-order valence-electron chi connectivity index (χ2n) is 9.00. The Morgan fingerprint density at radius 2 is 1.76 bits per heavy atom. The molecule has 0 aliphatic heterocycles. The van der Waals surface area contributed by atoms with Crippen LogP contribution in [0.5, 0.6) is 5.75 Å². The zero-order valence-electron chi connectivity index (χ0n) is 21.9. The topological polar surface area (TPSA) is 116 Å². The highest BCUT2D eigenvalue weighted by Crippen LogP contribution is 2.36. The maximum Gasteiger partial charge on any atom is 0.573 e. The Bertz CT molecular complexity index is 1770. The van der Waals surface area contributed by atoms with Gasteiger partial charge in [-0.1, -0.05) is 18.2 Å². The van der Waals surface area contributed by atoms with Crippen LogP contribution in [0.4, 0.5) is 32.0 Å². The molecule has 1 aromatic heterocycles. The largest absolute Gasteiger partial charge is 0.573 e. The quantitative estimate of drug-likeness (QED) is 0.146. The first-order valence-electron chi connectivity index (χ1n) is 11.9. The molecular formula is C27H23F6N5O3S. The van der Waals surface area contributed by atoms with Crippen molar-refractivity contribution in [2.24, 2.45) is 11.6 Å². The van der Waals surface area contributed by atoms with Crippen molar-refractivity contribution in [1.82, 2.24) is 9.55 Å². The minimum absolute atomic E-state index is 0.0430. The molecule has 0 radical (unpaired) electrons. The number of anilines is 1. The molecule has 42 heavy (non-hydrogen) atoms. The van der Waals surface area contributed by atoms with Crippen LogP contribution in [-0.2, 0) is 9.84 Å². The number of alkyl halides is 5. The Balaban J connectivity index is 1.88. The van der Waals surface area contributed by atoms with Gasteiger partial charge in [0.2, 0.25) is 0 Å². The summed E-state index contributed by atoms with van der Waals surface area (Å²) in [4.78, 5) is 3.92. The van der Waals surface area contributed by atoms with E-state index in [2.05, 4.69) is 9.72 Å². The molecule has 0 atom stereocenters. The summed E-state index contributed by atoms with van der Waals surface area (Å²) in [5.41, 5.74) is 6.44. The van der Waals surface area contributed by atoms with E-state index in [1.807, 2.05) is 0 Å². The van der Waals surface area contributed by atoms with Gasteiger partial charge in [0.05, 0.1) is 22.0 Å². The highest BCUT2D eigenvalue weighted by molar-refractivity contribution is 7.90.